The predicted octanol–water partition coefficient (Wildman–Crippen LogP) is 3.86. The number of benzene rings is 1. The molecule has 0 fully saturated rings. The Hall–Kier alpha value is -2.93. The molecule has 0 spiro atoms. The van der Waals surface area contributed by atoms with Crippen LogP contribution in [0.3, 0.4) is 0 Å². The number of rotatable bonds is 5. The van der Waals surface area contributed by atoms with E-state index in [1.165, 1.54) is 16.7 Å². The fourth-order valence-corrected chi connectivity index (χ4v) is 4.84. The number of allylic oxidation sites excluding steroid dienone is 2. The van der Waals surface area contributed by atoms with E-state index in [9.17, 15) is 22.7 Å². The molecule has 5 nitrogen and oxygen atoms in total. The van der Waals surface area contributed by atoms with E-state index in [0.717, 1.165) is 11.5 Å². The SMILES string of the molecule is C=C/C(F)=C\c1c(C2=CS(=O)(=O)c3ccccc32)c(C)n(CC(=O)O)c1C. The minimum Gasteiger partial charge on any atom is -0.480 e. The third kappa shape index (κ3) is 3.14. The molecule has 0 aliphatic carbocycles. The zero-order valence-corrected chi connectivity index (χ0v) is 15.7. The summed E-state index contributed by atoms with van der Waals surface area (Å²) < 4.78 is 40.6. The van der Waals surface area contributed by atoms with Crippen LogP contribution in [0.2, 0.25) is 0 Å². The topological polar surface area (TPSA) is 76.4 Å². The first-order chi connectivity index (χ1) is 12.7. The van der Waals surface area contributed by atoms with E-state index in [0.29, 0.717) is 33.7 Å². The van der Waals surface area contributed by atoms with Crippen molar-refractivity contribution < 1.29 is 22.7 Å². The third-order valence-electron chi connectivity index (χ3n) is 4.63. The van der Waals surface area contributed by atoms with Crippen molar-refractivity contribution in [1.29, 1.82) is 0 Å². The molecule has 2 aromatic rings. The maximum Gasteiger partial charge on any atom is 0.323 e. The zero-order valence-electron chi connectivity index (χ0n) is 14.9. The Kier molecular flexibility index (Phi) is 4.65. The van der Waals surface area contributed by atoms with E-state index in [-0.39, 0.29) is 11.4 Å². The highest BCUT2D eigenvalue weighted by atomic mass is 32.2. The van der Waals surface area contributed by atoms with Gasteiger partial charge in [-0.2, -0.15) is 0 Å². The number of aromatic nitrogens is 1. The summed E-state index contributed by atoms with van der Waals surface area (Å²) in [6.45, 7) is 6.46. The monoisotopic (exact) mass is 387 g/mol. The van der Waals surface area contributed by atoms with Crippen LogP contribution in [0.4, 0.5) is 4.39 Å². The molecular weight excluding hydrogens is 369 g/mol. The summed E-state index contributed by atoms with van der Waals surface area (Å²) in [5, 5.41) is 10.4. The van der Waals surface area contributed by atoms with Crippen LogP contribution in [0, 0.1) is 13.8 Å². The normalized spacial score (nSPS) is 15.4. The lowest BCUT2D eigenvalue weighted by Gasteiger charge is -2.08. The fourth-order valence-electron chi connectivity index (χ4n) is 3.41. The Morgan fingerprint density at radius 2 is 1.93 bits per heavy atom. The van der Waals surface area contributed by atoms with Crippen molar-refractivity contribution in [2.24, 2.45) is 0 Å². The van der Waals surface area contributed by atoms with E-state index >= 15 is 0 Å². The Balaban J connectivity index is 2.37. The quantitative estimate of drug-likeness (QED) is 0.791. The van der Waals surface area contributed by atoms with Crippen molar-refractivity contribution in [1.82, 2.24) is 4.57 Å². The highest BCUT2D eigenvalue weighted by molar-refractivity contribution is 7.95. The number of nitrogens with zero attached hydrogens (tertiary/aromatic N) is 1. The molecule has 0 saturated heterocycles. The number of carboxylic acid groups (broad SMARTS) is 1. The Bertz CT molecular complexity index is 1140. The summed E-state index contributed by atoms with van der Waals surface area (Å²) in [7, 11) is -3.62. The molecule has 7 heteroatoms. The molecule has 1 N–H and O–H groups in total. The van der Waals surface area contributed by atoms with Gasteiger partial charge >= 0.3 is 5.97 Å². The molecule has 0 unspecified atom stereocenters. The van der Waals surface area contributed by atoms with Crippen molar-refractivity contribution in [3.8, 4) is 0 Å². The van der Waals surface area contributed by atoms with Gasteiger partial charge in [0, 0.05) is 39.1 Å². The molecule has 27 heavy (non-hydrogen) atoms. The van der Waals surface area contributed by atoms with Gasteiger partial charge in [-0.05, 0) is 32.1 Å². The molecule has 1 aliphatic rings. The zero-order chi connectivity index (χ0) is 19.9. The summed E-state index contributed by atoms with van der Waals surface area (Å²) >= 11 is 0. The average molecular weight is 387 g/mol. The molecule has 1 aliphatic heterocycles. The predicted molar refractivity (Wildman–Crippen MR) is 102 cm³/mol. The van der Waals surface area contributed by atoms with Crippen molar-refractivity contribution in [3.05, 3.63) is 76.2 Å². The van der Waals surface area contributed by atoms with E-state index in [1.807, 2.05) is 0 Å². The van der Waals surface area contributed by atoms with Crippen molar-refractivity contribution >= 4 is 27.5 Å². The Labute approximate surface area is 156 Å². The van der Waals surface area contributed by atoms with Crippen LogP contribution in [0.15, 0.2) is 53.1 Å². The maximum absolute atomic E-state index is 14.0. The summed E-state index contributed by atoms with van der Waals surface area (Å²) in [5.74, 6) is -1.64. The van der Waals surface area contributed by atoms with Crippen molar-refractivity contribution in [2.75, 3.05) is 0 Å². The summed E-state index contributed by atoms with van der Waals surface area (Å²) in [4.78, 5) is 11.4. The first-order valence-corrected chi connectivity index (χ1v) is 9.69. The molecule has 3 rings (SSSR count). The minimum absolute atomic E-state index is 0.183. The second-order valence-electron chi connectivity index (χ2n) is 6.25. The molecule has 140 valence electrons. The lowest BCUT2D eigenvalue weighted by atomic mass is 9.95. The Morgan fingerprint density at radius 3 is 2.56 bits per heavy atom. The molecule has 2 heterocycles. The molecule has 0 saturated carbocycles. The number of carboxylic acids is 1. The number of aliphatic carboxylic acids is 1. The van der Waals surface area contributed by atoms with E-state index in [4.69, 9.17) is 0 Å². The van der Waals surface area contributed by atoms with Crippen LogP contribution < -0.4 is 0 Å². The molecule has 0 atom stereocenters. The van der Waals surface area contributed by atoms with Gasteiger partial charge in [0.25, 0.3) is 0 Å². The molecule has 0 amide bonds. The average Bonchev–Trinajstić information content (AvgIpc) is 3.00. The van der Waals surface area contributed by atoms with E-state index < -0.39 is 21.6 Å². The van der Waals surface area contributed by atoms with Gasteiger partial charge in [0.2, 0.25) is 9.84 Å². The van der Waals surface area contributed by atoms with Gasteiger partial charge in [-0.15, -0.1) is 0 Å². The first-order valence-electron chi connectivity index (χ1n) is 8.15. The summed E-state index contributed by atoms with van der Waals surface area (Å²) in [5.41, 5.74) is 2.96. The molecule has 1 aromatic heterocycles. The van der Waals surface area contributed by atoms with Crippen LogP contribution in [-0.4, -0.2) is 24.1 Å². The lowest BCUT2D eigenvalue weighted by molar-refractivity contribution is -0.137. The smallest absolute Gasteiger partial charge is 0.323 e. The van der Waals surface area contributed by atoms with E-state index in [2.05, 4.69) is 6.58 Å². The number of carbonyl (C=O) groups is 1. The van der Waals surface area contributed by atoms with Crippen molar-refractivity contribution in [3.63, 3.8) is 0 Å². The second-order valence-corrected chi connectivity index (χ2v) is 8.01. The van der Waals surface area contributed by atoms with E-state index in [1.54, 1.807) is 32.0 Å². The van der Waals surface area contributed by atoms with Gasteiger partial charge < -0.3 is 9.67 Å². The van der Waals surface area contributed by atoms with Gasteiger partial charge in [0.15, 0.2) is 0 Å². The lowest BCUT2D eigenvalue weighted by Crippen LogP contribution is -2.11. The highest BCUT2D eigenvalue weighted by Crippen LogP contribution is 2.42. The second kappa shape index (κ2) is 6.66. The minimum atomic E-state index is -3.62. The number of sulfone groups is 1. The van der Waals surface area contributed by atoms with Crippen molar-refractivity contribution in [2.45, 2.75) is 25.3 Å². The standard InChI is InChI=1S/C20H18FNO4S/c1-4-14(21)9-16-12(2)22(10-19(23)24)13(3)20(16)17-11-27(25,26)18-8-6-5-7-15(17)18/h4-9,11H,1,10H2,2-3H3,(H,23,24)/b14-9+. The van der Waals surface area contributed by atoms with Gasteiger partial charge in [0.1, 0.15) is 12.4 Å². The van der Waals surface area contributed by atoms with Crippen LogP contribution in [0.1, 0.15) is 28.1 Å². The number of hydrogen-bond donors (Lipinski definition) is 1. The Morgan fingerprint density at radius 1 is 1.26 bits per heavy atom. The largest absolute Gasteiger partial charge is 0.480 e. The molecule has 0 bridgehead atoms. The fraction of sp³-hybridized carbons (Fsp3) is 0.150. The van der Waals surface area contributed by atoms with Crippen LogP contribution in [0.25, 0.3) is 11.6 Å². The number of halogens is 1. The molecular formula is C20H18FNO4S. The van der Waals surface area contributed by atoms with Gasteiger partial charge in [-0.1, -0.05) is 24.8 Å². The summed E-state index contributed by atoms with van der Waals surface area (Å²) in [6, 6.07) is 6.57. The van der Waals surface area contributed by atoms with Gasteiger partial charge in [-0.25, -0.2) is 12.8 Å². The number of hydrogen-bond acceptors (Lipinski definition) is 3. The summed E-state index contributed by atoms with van der Waals surface area (Å²) in [6.07, 6.45) is 2.29. The number of fused-ring (bicyclic) bond motifs is 1. The highest BCUT2D eigenvalue weighted by Gasteiger charge is 2.31. The van der Waals surface area contributed by atoms with Crippen LogP contribution in [0.5, 0.6) is 0 Å². The maximum atomic E-state index is 14.0. The third-order valence-corrected chi connectivity index (χ3v) is 6.14. The first kappa shape index (κ1) is 18.8. The molecule has 0 radical (unpaired) electrons. The van der Waals surface area contributed by atoms with Crippen LogP contribution >= 0.6 is 0 Å². The van der Waals surface area contributed by atoms with Crippen LogP contribution in [-0.2, 0) is 21.2 Å². The van der Waals surface area contributed by atoms with Gasteiger partial charge in [0.05, 0.1) is 4.90 Å². The van der Waals surface area contributed by atoms with Gasteiger partial charge in [-0.3, -0.25) is 4.79 Å². The molecule has 1 aromatic carbocycles.